The number of hydrogen-bond acceptors (Lipinski definition) is 6. The molecule has 1 heterocycles. The van der Waals surface area contributed by atoms with Crippen molar-refractivity contribution in [2.75, 3.05) is 19.3 Å². The zero-order chi connectivity index (χ0) is 20.3. The minimum Gasteiger partial charge on any atom is -0.468 e. The Morgan fingerprint density at radius 2 is 1.57 bits per heavy atom. The van der Waals surface area contributed by atoms with E-state index in [0.717, 1.165) is 16.8 Å². The molecule has 1 aliphatic rings. The second-order valence-electron chi connectivity index (χ2n) is 7.05. The van der Waals surface area contributed by atoms with Gasteiger partial charge in [0.1, 0.15) is 6.04 Å². The maximum absolute atomic E-state index is 13.0. The van der Waals surface area contributed by atoms with Crippen molar-refractivity contribution in [3.63, 3.8) is 0 Å². The number of ether oxygens (including phenoxy) is 2. The highest BCUT2D eigenvalue weighted by Gasteiger charge is 2.61. The summed E-state index contributed by atoms with van der Waals surface area (Å²) in [7, 11) is 2.57. The van der Waals surface area contributed by atoms with Crippen molar-refractivity contribution in [1.29, 1.82) is 0 Å². The molecule has 0 bridgehead atoms. The fourth-order valence-electron chi connectivity index (χ4n) is 3.85. The molecule has 2 atom stereocenters. The lowest BCUT2D eigenvalue weighted by molar-refractivity contribution is -0.185. The van der Waals surface area contributed by atoms with E-state index < -0.39 is 29.5 Å². The van der Waals surface area contributed by atoms with E-state index in [9.17, 15) is 9.59 Å². The van der Waals surface area contributed by atoms with E-state index in [1.807, 2.05) is 68.4 Å². The SMILES string of the molecule is COC(=O)C1(C(=O)OC)C[C@H](C)ON(c2ccc(C)cc2)[C@@H]1c1ccccc1. The number of anilines is 1. The van der Waals surface area contributed by atoms with Crippen LogP contribution in [0.3, 0.4) is 0 Å². The van der Waals surface area contributed by atoms with Crippen LogP contribution in [0.2, 0.25) is 0 Å². The van der Waals surface area contributed by atoms with E-state index in [0.29, 0.717) is 0 Å². The summed E-state index contributed by atoms with van der Waals surface area (Å²) in [5, 5.41) is 1.64. The van der Waals surface area contributed by atoms with E-state index in [-0.39, 0.29) is 6.42 Å². The number of carbonyl (C=O) groups is 2. The predicted molar refractivity (Wildman–Crippen MR) is 104 cm³/mol. The van der Waals surface area contributed by atoms with Gasteiger partial charge in [-0.3, -0.25) is 14.4 Å². The number of hydroxylamine groups is 1. The van der Waals surface area contributed by atoms with Crippen LogP contribution < -0.4 is 5.06 Å². The van der Waals surface area contributed by atoms with Crippen LogP contribution in [-0.2, 0) is 23.9 Å². The van der Waals surface area contributed by atoms with Gasteiger partial charge in [0.05, 0.1) is 26.0 Å². The predicted octanol–water partition coefficient (Wildman–Crippen LogP) is 3.60. The minimum absolute atomic E-state index is 0.147. The van der Waals surface area contributed by atoms with E-state index in [1.54, 1.807) is 5.06 Å². The highest BCUT2D eigenvalue weighted by Crippen LogP contribution is 2.50. The molecule has 3 rings (SSSR count). The number of nitrogens with zero attached hydrogens (tertiary/aromatic N) is 1. The van der Waals surface area contributed by atoms with Crippen LogP contribution in [-0.4, -0.2) is 32.3 Å². The lowest BCUT2D eigenvalue weighted by atomic mass is 9.71. The van der Waals surface area contributed by atoms with Crippen LogP contribution in [0.1, 0.15) is 30.5 Å². The van der Waals surface area contributed by atoms with Gasteiger partial charge in [0.2, 0.25) is 0 Å². The lowest BCUT2D eigenvalue weighted by Crippen LogP contribution is -2.58. The first-order chi connectivity index (χ1) is 13.4. The Labute approximate surface area is 165 Å². The Kier molecular flexibility index (Phi) is 5.70. The Balaban J connectivity index is 2.25. The molecule has 0 radical (unpaired) electrons. The lowest BCUT2D eigenvalue weighted by Gasteiger charge is -2.48. The normalized spacial score (nSPS) is 21.1. The molecule has 28 heavy (non-hydrogen) atoms. The van der Waals surface area contributed by atoms with Gasteiger partial charge in [-0.1, -0.05) is 48.0 Å². The number of aryl methyl sites for hydroxylation is 1. The summed E-state index contributed by atoms with van der Waals surface area (Å²) in [6, 6.07) is 16.3. The van der Waals surface area contributed by atoms with Gasteiger partial charge in [-0.15, -0.1) is 0 Å². The van der Waals surface area contributed by atoms with Crippen molar-refractivity contribution in [3.8, 4) is 0 Å². The van der Waals surface area contributed by atoms with Crippen molar-refractivity contribution in [3.05, 3.63) is 65.7 Å². The van der Waals surface area contributed by atoms with E-state index in [4.69, 9.17) is 14.3 Å². The number of methoxy groups -OCH3 is 2. The molecule has 6 heteroatoms. The van der Waals surface area contributed by atoms with Gasteiger partial charge in [-0.2, -0.15) is 0 Å². The summed E-state index contributed by atoms with van der Waals surface area (Å²) in [6.07, 6.45) is -0.256. The van der Waals surface area contributed by atoms with Crippen molar-refractivity contribution in [1.82, 2.24) is 0 Å². The molecular formula is C22H25NO5. The zero-order valence-corrected chi connectivity index (χ0v) is 16.5. The monoisotopic (exact) mass is 383 g/mol. The van der Waals surface area contributed by atoms with Crippen molar-refractivity contribution >= 4 is 17.6 Å². The molecule has 0 amide bonds. The zero-order valence-electron chi connectivity index (χ0n) is 16.5. The largest absolute Gasteiger partial charge is 0.468 e. The van der Waals surface area contributed by atoms with E-state index in [1.165, 1.54) is 14.2 Å². The summed E-state index contributed by atoms with van der Waals surface area (Å²) in [5.74, 6) is -1.28. The topological polar surface area (TPSA) is 65.1 Å². The third-order valence-corrected chi connectivity index (χ3v) is 5.11. The second kappa shape index (κ2) is 8.02. The molecule has 2 aromatic carbocycles. The molecule has 148 valence electrons. The smallest absolute Gasteiger partial charge is 0.325 e. The Bertz CT molecular complexity index is 818. The van der Waals surface area contributed by atoms with Gasteiger partial charge in [-0.25, -0.2) is 5.06 Å². The summed E-state index contributed by atoms with van der Waals surface area (Å²) >= 11 is 0. The average molecular weight is 383 g/mol. The minimum atomic E-state index is -1.56. The van der Waals surface area contributed by atoms with Gasteiger partial charge >= 0.3 is 11.9 Å². The van der Waals surface area contributed by atoms with Crippen LogP contribution in [0.15, 0.2) is 54.6 Å². The number of rotatable bonds is 4. The maximum atomic E-state index is 13.0. The number of esters is 2. The Morgan fingerprint density at radius 3 is 2.11 bits per heavy atom. The van der Waals surface area contributed by atoms with Gasteiger partial charge in [0.25, 0.3) is 0 Å². The molecule has 0 unspecified atom stereocenters. The standard InChI is InChI=1S/C22H25NO5/c1-15-10-12-18(13-11-15)23-19(17-8-6-5-7-9-17)22(20(24)26-3,21(25)27-4)14-16(2)28-23/h5-13,16,19H,14H2,1-4H3/t16-,19+/m0/s1. The summed E-state index contributed by atoms with van der Waals surface area (Å²) in [4.78, 5) is 32.2. The molecule has 1 fully saturated rings. The van der Waals surface area contributed by atoms with Crippen molar-refractivity contribution in [2.45, 2.75) is 32.4 Å². The maximum Gasteiger partial charge on any atom is 0.325 e. The molecule has 0 N–H and O–H groups in total. The first kappa shape index (κ1) is 19.9. The molecular weight excluding hydrogens is 358 g/mol. The quantitative estimate of drug-likeness (QED) is 0.594. The fraction of sp³-hybridized carbons (Fsp3) is 0.364. The molecule has 0 aliphatic carbocycles. The fourth-order valence-corrected chi connectivity index (χ4v) is 3.85. The molecule has 0 spiro atoms. The second-order valence-corrected chi connectivity index (χ2v) is 7.05. The summed E-state index contributed by atoms with van der Waals surface area (Å²) < 4.78 is 10.2. The van der Waals surface area contributed by atoms with Crippen LogP contribution in [0.5, 0.6) is 0 Å². The number of carbonyl (C=O) groups excluding carboxylic acids is 2. The highest BCUT2D eigenvalue weighted by atomic mass is 16.7. The van der Waals surface area contributed by atoms with Gasteiger partial charge < -0.3 is 9.47 Å². The highest BCUT2D eigenvalue weighted by molar-refractivity contribution is 6.02. The van der Waals surface area contributed by atoms with Crippen LogP contribution >= 0.6 is 0 Å². The molecule has 1 saturated heterocycles. The number of hydrogen-bond donors (Lipinski definition) is 0. The molecule has 0 saturated carbocycles. The first-order valence-corrected chi connectivity index (χ1v) is 9.18. The van der Waals surface area contributed by atoms with Crippen molar-refractivity contribution in [2.24, 2.45) is 5.41 Å². The third kappa shape index (κ3) is 3.36. The van der Waals surface area contributed by atoms with Crippen LogP contribution in [0.25, 0.3) is 0 Å². The van der Waals surface area contributed by atoms with Gasteiger partial charge in [0, 0.05) is 6.42 Å². The number of benzene rings is 2. The van der Waals surface area contributed by atoms with Gasteiger partial charge in [-0.05, 0) is 31.5 Å². The van der Waals surface area contributed by atoms with E-state index >= 15 is 0 Å². The Hall–Kier alpha value is -2.86. The molecule has 2 aromatic rings. The Morgan fingerprint density at radius 1 is 1.00 bits per heavy atom. The van der Waals surface area contributed by atoms with Crippen LogP contribution in [0, 0.1) is 12.3 Å². The average Bonchev–Trinajstić information content (AvgIpc) is 2.72. The van der Waals surface area contributed by atoms with E-state index in [2.05, 4.69) is 0 Å². The van der Waals surface area contributed by atoms with Crippen LogP contribution in [0.4, 0.5) is 5.69 Å². The van der Waals surface area contributed by atoms with Gasteiger partial charge in [0.15, 0.2) is 5.41 Å². The molecule has 0 aromatic heterocycles. The van der Waals surface area contributed by atoms with Crippen molar-refractivity contribution < 1.29 is 23.9 Å². The first-order valence-electron chi connectivity index (χ1n) is 9.18. The third-order valence-electron chi connectivity index (χ3n) is 5.11. The summed E-state index contributed by atoms with van der Waals surface area (Å²) in [6.45, 7) is 3.81. The molecule has 1 aliphatic heterocycles. The molecule has 6 nitrogen and oxygen atoms in total. The summed E-state index contributed by atoms with van der Waals surface area (Å²) in [5.41, 5.74) is 1.03.